The van der Waals surface area contributed by atoms with E-state index < -0.39 is 12.2 Å². The molecule has 3 N–H and O–H groups in total. The van der Waals surface area contributed by atoms with Crippen molar-refractivity contribution < 1.29 is 29.6 Å². The van der Waals surface area contributed by atoms with E-state index in [1.54, 1.807) is 6.92 Å². The fourth-order valence-corrected chi connectivity index (χ4v) is 0.485. The molecule has 0 amide bonds. The molecular weight excluding hydrogens is 204 g/mol. The summed E-state index contributed by atoms with van der Waals surface area (Å²) in [5.41, 5.74) is 0. The summed E-state index contributed by atoms with van der Waals surface area (Å²) in [6, 6.07) is 0. The smallest absolute Gasteiger partial charge is 0.293 e. The third-order valence-corrected chi connectivity index (χ3v) is 1.13. The van der Waals surface area contributed by atoms with Crippen molar-refractivity contribution >= 4 is 6.47 Å². The van der Waals surface area contributed by atoms with Gasteiger partial charge in [0.1, 0.15) is 12.7 Å². The van der Waals surface area contributed by atoms with Crippen molar-refractivity contribution in [2.45, 2.75) is 26.1 Å². The molecule has 2 atom stereocenters. The first-order valence-corrected chi connectivity index (χ1v) is 4.68. The van der Waals surface area contributed by atoms with Gasteiger partial charge in [0.2, 0.25) is 0 Å². The highest BCUT2D eigenvalue weighted by molar-refractivity contribution is 5.36. The maximum Gasteiger partial charge on any atom is 0.293 e. The lowest BCUT2D eigenvalue weighted by atomic mass is 10.4. The molecule has 0 spiro atoms. The average Bonchev–Trinajstić information content (AvgIpc) is 2.23. The van der Waals surface area contributed by atoms with E-state index in [0.29, 0.717) is 13.1 Å². The molecule has 0 saturated heterocycles. The molecule has 2 unspecified atom stereocenters. The normalized spacial score (nSPS) is 13.4. The minimum Gasteiger partial charge on any atom is -0.465 e. The molecule has 0 aliphatic carbocycles. The van der Waals surface area contributed by atoms with Crippen LogP contribution in [-0.4, -0.2) is 60.4 Å². The molecule has 0 aliphatic rings. The number of hydrogen-bond donors (Lipinski definition) is 3. The van der Waals surface area contributed by atoms with Gasteiger partial charge in [-0.2, -0.15) is 0 Å². The number of ether oxygens (including phenoxy) is 2. The van der Waals surface area contributed by atoms with Gasteiger partial charge in [-0.05, 0) is 13.8 Å². The van der Waals surface area contributed by atoms with Gasteiger partial charge >= 0.3 is 0 Å². The summed E-state index contributed by atoms with van der Waals surface area (Å²) in [5.74, 6) is 0. The van der Waals surface area contributed by atoms with E-state index in [0.717, 1.165) is 0 Å². The summed E-state index contributed by atoms with van der Waals surface area (Å²) in [6.45, 7) is 4.37. The second kappa shape index (κ2) is 13.3. The second-order valence-electron chi connectivity index (χ2n) is 2.77. The molecule has 15 heavy (non-hydrogen) atoms. The predicted octanol–water partition coefficient (Wildman–Crippen LogP) is -1.08. The van der Waals surface area contributed by atoms with E-state index >= 15 is 0 Å². The minimum absolute atomic E-state index is 0.0868. The Morgan fingerprint density at radius 3 is 2.20 bits per heavy atom. The lowest BCUT2D eigenvalue weighted by molar-refractivity contribution is -0.131. The molecule has 0 saturated carbocycles. The standard InChI is InChI=1S/C5H12O3.C4H8O3/c1-2-8-4-5(7)3-6;1-4(6)2-7-3-5/h5-7H,2-4H2,1H3;3-4,6H,2H2,1H3. The zero-order valence-electron chi connectivity index (χ0n) is 9.13. The average molecular weight is 224 g/mol. The van der Waals surface area contributed by atoms with Gasteiger partial charge in [-0.15, -0.1) is 0 Å². The minimum atomic E-state index is -0.713. The number of hydrogen-bond acceptors (Lipinski definition) is 6. The Morgan fingerprint density at radius 1 is 1.33 bits per heavy atom. The second-order valence-corrected chi connectivity index (χ2v) is 2.77. The van der Waals surface area contributed by atoms with E-state index in [9.17, 15) is 4.79 Å². The summed E-state index contributed by atoms with van der Waals surface area (Å²) in [4.78, 5) is 9.38. The van der Waals surface area contributed by atoms with Gasteiger partial charge in [-0.3, -0.25) is 4.79 Å². The quantitative estimate of drug-likeness (QED) is 0.476. The van der Waals surface area contributed by atoms with Gasteiger partial charge in [0.15, 0.2) is 0 Å². The molecule has 92 valence electrons. The maximum atomic E-state index is 9.38. The van der Waals surface area contributed by atoms with Crippen LogP contribution in [-0.2, 0) is 14.3 Å². The molecule has 6 heteroatoms. The van der Waals surface area contributed by atoms with Crippen LogP contribution in [0.5, 0.6) is 0 Å². The molecular formula is C9H20O6. The van der Waals surface area contributed by atoms with Crippen molar-refractivity contribution in [2.24, 2.45) is 0 Å². The van der Waals surface area contributed by atoms with Crippen LogP contribution in [0.1, 0.15) is 13.8 Å². The van der Waals surface area contributed by atoms with Gasteiger partial charge in [-0.1, -0.05) is 0 Å². The third-order valence-electron chi connectivity index (χ3n) is 1.13. The molecule has 0 bridgehead atoms. The number of rotatable bonds is 7. The van der Waals surface area contributed by atoms with E-state index in [2.05, 4.69) is 4.74 Å². The lowest BCUT2D eigenvalue weighted by Crippen LogP contribution is -2.19. The Bertz CT molecular complexity index is 128. The zero-order valence-corrected chi connectivity index (χ0v) is 9.13. The van der Waals surface area contributed by atoms with E-state index in [4.69, 9.17) is 20.1 Å². The monoisotopic (exact) mass is 224 g/mol. The zero-order chi connectivity index (χ0) is 12.1. The summed E-state index contributed by atoms with van der Waals surface area (Å²) < 4.78 is 8.94. The van der Waals surface area contributed by atoms with Gasteiger partial charge in [-0.25, -0.2) is 0 Å². The highest BCUT2D eigenvalue weighted by atomic mass is 16.5. The van der Waals surface area contributed by atoms with Crippen molar-refractivity contribution in [3.05, 3.63) is 0 Å². The Balaban J connectivity index is 0. The van der Waals surface area contributed by atoms with Crippen LogP contribution < -0.4 is 0 Å². The van der Waals surface area contributed by atoms with Crippen molar-refractivity contribution in [3.8, 4) is 0 Å². The first kappa shape index (κ1) is 16.7. The first-order chi connectivity index (χ1) is 7.08. The molecule has 0 fully saturated rings. The molecule has 0 aromatic rings. The molecule has 0 aromatic carbocycles. The van der Waals surface area contributed by atoms with E-state index in [1.165, 1.54) is 0 Å². The highest BCUT2D eigenvalue weighted by Gasteiger charge is 1.98. The Morgan fingerprint density at radius 2 is 1.93 bits per heavy atom. The Labute approximate surface area is 89.4 Å². The number of carbonyl (C=O) groups excluding carboxylic acids is 1. The number of aliphatic hydroxyl groups excluding tert-OH is 3. The highest BCUT2D eigenvalue weighted by Crippen LogP contribution is 1.81. The number of aliphatic hydroxyl groups is 3. The van der Waals surface area contributed by atoms with Gasteiger partial charge in [0, 0.05) is 6.61 Å². The van der Waals surface area contributed by atoms with E-state index in [-0.39, 0.29) is 19.8 Å². The van der Waals surface area contributed by atoms with Crippen LogP contribution in [0.2, 0.25) is 0 Å². The Hall–Kier alpha value is -0.690. The van der Waals surface area contributed by atoms with Gasteiger partial charge in [0.25, 0.3) is 6.47 Å². The van der Waals surface area contributed by atoms with Crippen LogP contribution in [0.3, 0.4) is 0 Å². The van der Waals surface area contributed by atoms with Crippen molar-refractivity contribution in [1.82, 2.24) is 0 Å². The largest absolute Gasteiger partial charge is 0.465 e. The van der Waals surface area contributed by atoms with Crippen LogP contribution in [0.4, 0.5) is 0 Å². The molecule has 6 nitrogen and oxygen atoms in total. The molecule has 0 heterocycles. The van der Waals surface area contributed by atoms with Crippen LogP contribution in [0.15, 0.2) is 0 Å². The van der Waals surface area contributed by atoms with Crippen molar-refractivity contribution in [1.29, 1.82) is 0 Å². The van der Waals surface area contributed by atoms with Crippen LogP contribution in [0.25, 0.3) is 0 Å². The first-order valence-electron chi connectivity index (χ1n) is 4.68. The predicted molar refractivity (Wildman–Crippen MR) is 53.3 cm³/mol. The summed E-state index contributed by atoms with van der Waals surface area (Å²) >= 11 is 0. The molecule has 0 rings (SSSR count). The SMILES string of the molecule is CC(O)COC=O.CCOCC(O)CO. The molecule has 0 aromatic heterocycles. The third kappa shape index (κ3) is 19.6. The fourth-order valence-electron chi connectivity index (χ4n) is 0.485. The van der Waals surface area contributed by atoms with Crippen LogP contribution >= 0.6 is 0 Å². The van der Waals surface area contributed by atoms with Crippen LogP contribution in [0, 0.1) is 0 Å². The van der Waals surface area contributed by atoms with Gasteiger partial charge in [0.05, 0.1) is 19.3 Å². The topological polar surface area (TPSA) is 96.2 Å². The van der Waals surface area contributed by atoms with Crippen molar-refractivity contribution in [2.75, 3.05) is 26.4 Å². The van der Waals surface area contributed by atoms with Crippen molar-refractivity contribution in [3.63, 3.8) is 0 Å². The molecule has 0 radical (unpaired) electrons. The Kier molecular flexibility index (Phi) is 14.8. The fraction of sp³-hybridized carbons (Fsp3) is 0.889. The lowest BCUT2D eigenvalue weighted by Gasteiger charge is -2.04. The van der Waals surface area contributed by atoms with Gasteiger partial charge < -0.3 is 24.8 Å². The summed E-state index contributed by atoms with van der Waals surface area (Å²) in [7, 11) is 0. The maximum absolute atomic E-state index is 9.38. The molecule has 0 aliphatic heterocycles. The number of carbonyl (C=O) groups is 1. The van der Waals surface area contributed by atoms with E-state index in [1.807, 2.05) is 6.92 Å². The summed E-state index contributed by atoms with van der Waals surface area (Å²) in [5, 5.41) is 25.2. The summed E-state index contributed by atoms with van der Waals surface area (Å²) in [6.07, 6.45) is -1.26.